The van der Waals surface area contributed by atoms with E-state index in [2.05, 4.69) is 4.98 Å². The molecular weight excluding hydrogens is 192 g/mol. The Bertz CT molecular complexity index is 304. The van der Waals surface area contributed by atoms with Gasteiger partial charge in [-0.1, -0.05) is 0 Å². The molecule has 72 valence electrons. The quantitative estimate of drug-likeness (QED) is 0.743. The molecule has 1 rings (SSSR count). The van der Waals surface area contributed by atoms with Crippen LogP contribution in [0.2, 0.25) is 0 Å². The average Bonchev–Trinajstić information content (AvgIpc) is 2.32. The van der Waals surface area contributed by atoms with Gasteiger partial charge in [-0.25, -0.2) is 4.79 Å². The Morgan fingerprint density at radius 1 is 1.62 bits per heavy atom. The second kappa shape index (κ2) is 3.69. The Labute approximate surface area is 79.9 Å². The fourth-order valence-electron chi connectivity index (χ4n) is 0.781. The van der Waals surface area contributed by atoms with E-state index in [4.69, 9.17) is 9.52 Å². The number of oxazole rings is 1. The third kappa shape index (κ3) is 1.95. The van der Waals surface area contributed by atoms with Gasteiger partial charge in [0.15, 0.2) is 0 Å². The van der Waals surface area contributed by atoms with Crippen molar-refractivity contribution in [1.29, 1.82) is 0 Å². The van der Waals surface area contributed by atoms with Crippen LogP contribution in [0.5, 0.6) is 0 Å². The van der Waals surface area contributed by atoms with E-state index in [9.17, 15) is 4.79 Å². The fraction of sp³-hybridized carbons (Fsp3) is 0.429. The Morgan fingerprint density at radius 2 is 2.23 bits per heavy atom. The number of amides is 1. The highest BCUT2D eigenvalue weighted by Gasteiger charge is 2.19. The van der Waals surface area contributed by atoms with Crippen LogP contribution in [-0.2, 0) is 0 Å². The third-order valence-corrected chi connectivity index (χ3v) is 2.22. The molecule has 13 heavy (non-hydrogen) atoms. The van der Waals surface area contributed by atoms with Gasteiger partial charge in [-0.2, -0.15) is 9.29 Å². The zero-order valence-corrected chi connectivity index (χ0v) is 8.38. The minimum absolute atomic E-state index is 0.106. The highest BCUT2D eigenvalue weighted by molar-refractivity contribution is 8.00. The van der Waals surface area contributed by atoms with Crippen molar-refractivity contribution in [2.24, 2.45) is 0 Å². The van der Waals surface area contributed by atoms with Crippen molar-refractivity contribution in [3.05, 3.63) is 11.5 Å². The van der Waals surface area contributed by atoms with Crippen molar-refractivity contribution in [3.8, 4) is 0 Å². The Kier molecular flexibility index (Phi) is 2.82. The molecule has 0 aliphatic carbocycles. The number of carboxylic acid groups (broad SMARTS) is 1. The number of nitrogens with zero attached hydrogens (tertiary/aromatic N) is 2. The summed E-state index contributed by atoms with van der Waals surface area (Å²) in [4.78, 5) is 14.6. The second-order valence-corrected chi connectivity index (χ2v) is 3.13. The zero-order chi connectivity index (χ0) is 10.0. The number of hydrogen-bond donors (Lipinski definition) is 1. The van der Waals surface area contributed by atoms with Crippen molar-refractivity contribution in [2.75, 3.05) is 10.6 Å². The maximum atomic E-state index is 10.7. The van der Waals surface area contributed by atoms with Gasteiger partial charge >= 0.3 is 12.1 Å². The monoisotopic (exact) mass is 202 g/mol. The summed E-state index contributed by atoms with van der Waals surface area (Å²) in [5.41, 5.74) is 0.704. The number of anilines is 1. The number of aryl methyl sites for hydroxylation is 2. The highest BCUT2D eigenvalue weighted by atomic mass is 32.2. The molecule has 5 nitrogen and oxygen atoms in total. The summed E-state index contributed by atoms with van der Waals surface area (Å²) in [6.07, 6.45) is 0.553. The standard InChI is InChI=1S/C7H10N2O3S/c1-4-5(2)12-6(8-4)9(13-3)7(10)11/h1-3H3,(H,10,11). The first-order chi connectivity index (χ1) is 6.06. The van der Waals surface area contributed by atoms with Gasteiger partial charge in [0, 0.05) is 6.26 Å². The number of aromatic nitrogens is 1. The van der Waals surface area contributed by atoms with Gasteiger partial charge in [0.2, 0.25) is 0 Å². The van der Waals surface area contributed by atoms with Gasteiger partial charge in [0.1, 0.15) is 5.76 Å². The predicted octanol–water partition coefficient (Wildman–Crippen LogP) is 2.05. The molecule has 1 heterocycles. The van der Waals surface area contributed by atoms with Crippen molar-refractivity contribution < 1.29 is 14.3 Å². The van der Waals surface area contributed by atoms with Gasteiger partial charge in [-0.05, 0) is 25.8 Å². The van der Waals surface area contributed by atoms with E-state index in [1.807, 2.05) is 0 Å². The first-order valence-corrected chi connectivity index (χ1v) is 4.75. The maximum Gasteiger partial charge on any atom is 0.425 e. The molecular formula is C7H10N2O3S. The summed E-state index contributed by atoms with van der Waals surface area (Å²) in [6, 6.07) is 0.106. The predicted molar refractivity (Wildman–Crippen MR) is 50.0 cm³/mol. The Balaban J connectivity index is 2.98. The molecule has 0 saturated carbocycles. The molecule has 1 aromatic heterocycles. The minimum atomic E-state index is -1.09. The van der Waals surface area contributed by atoms with E-state index in [-0.39, 0.29) is 6.01 Å². The van der Waals surface area contributed by atoms with Crippen LogP contribution in [0.25, 0.3) is 0 Å². The largest absolute Gasteiger partial charge is 0.464 e. The lowest BCUT2D eigenvalue weighted by Gasteiger charge is -2.08. The van der Waals surface area contributed by atoms with Crippen molar-refractivity contribution in [2.45, 2.75) is 13.8 Å². The third-order valence-electron chi connectivity index (χ3n) is 1.55. The summed E-state index contributed by atoms with van der Waals surface area (Å²) in [7, 11) is 0. The number of carbonyl (C=O) groups is 1. The van der Waals surface area contributed by atoms with Crippen LogP contribution < -0.4 is 4.31 Å². The number of hydrogen-bond acceptors (Lipinski definition) is 4. The lowest BCUT2D eigenvalue weighted by molar-refractivity contribution is 0.205. The van der Waals surface area contributed by atoms with Crippen molar-refractivity contribution >= 4 is 24.1 Å². The molecule has 1 amide bonds. The molecule has 0 aliphatic rings. The normalized spacial score (nSPS) is 10.1. The Hall–Kier alpha value is -1.17. The minimum Gasteiger partial charge on any atom is -0.464 e. The van der Waals surface area contributed by atoms with Gasteiger partial charge in [-0.15, -0.1) is 0 Å². The molecule has 0 bridgehead atoms. The van der Waals surface area contributed by atoms with Crippen LogP contribution in [0.4, 0.5) is 10.8 Å². The SMILES string of the molecule is CSN(C(=O)O)c1nc(C)c(C)o1. The summed E-state index contributed by atoms with van der Waals surface area (Å²) in [5, 5.41) is 8.73. The number of rotatable bonds is 2. The summed E-state index contributed by atoms with van der Waals surface area (Å²) < 4.78 is 6.11. The zero-order valence-electron chi connectivity index (χ0n) is 7.57. The highest BCUT2D eigenvalue weighted by Crippen LogP contribution is 2.22. The van der Waals surface area contributed by atoms with Crippen LogP contribution >= 0.6 is 11.9 Å². The topological polar surface area (TPSA) is 66.6 Å². The molecule has 0 unspecified atom stereocenters. The first-order valence-electron chi connectivity index (χ1n) is 3.57. The van der Waals surface area contributed by atoms with Crippen LogP contribution in [0, 0.1) is 13.8 Å². The van der Waals surface area contributed by atoms with E-state index in [1.54, 1.807) is 20.1 Å². The Morgan fingerprint density at radius 3 is 2.54 bits per heavy atom. The molecule has 0 saturated heterocycles. The average molecular weight is 202 g/mol. The molecule has 0 aliphatic heterocycles. The molecule has 1 aromatic rings. The van der Waals surface area contributed by atoms with Crippen LogP contribution in [0.1, 0.15) is 11.5 Å². The van der Waals surface area contributed by atoms with E-state index < -0.39 is 6.09 Å². The van der Waals surface area contributed by atoms with E-state index in [1.165, 1.54) is 0 Å². The smallest absolute Gasteiger partial charge is 0.425 e. The first kappa shape index (κ1) is 9.91. The van der Waals surface area contributed by atoms with Gasteiger partial charge in [0.05, 0.1) is 5.69 Å². The molecule has 0 fully saturated rings. The fourth-order valence-corrected chi connectivity index (χ4v) is 1.17. The second-order valence-electron chi connectivity index (χ2n) is 2.40. The maximum absolute atomic E-state index is 10.7. The van der Waals surface area contributed by atoms with E-state index in [0.717, 1.165) is 16.3 Å². The molecule has 0 spiro atoms. The van der Waals surface area contributed by atoms with Gasteiger partial charge < -0.3 is 9.52 Å². The molecule has 0 aromatic carbocycles. The van der Waals surface area contributed by atoms with E-state index >= 15 is 0 Å². The molecule has 6 heteroatoms. The molecule has 1 N–H and O–H groups in total. The molecule has 0 atom stereocenters. The van der Waals surface area contributed by atoms with E-state index in [0.29, 0.717) is 11.5 Å². The summed E-state index contributed by atoms with van der Waals surface area (Å²) >= 11 is 1.03. The lowest BCUT2D eigenvalue weighted by atomic mass is 10.4. The van der Waals surface area contributed by atoms with Crippen LogP contribution in [0.15, 0.2) is 4.42 Å². The lowest BCUT2D eigenvalue weighted by Crippen LogP contribution is -2.20. The van der Waals surface area contributed by atoms with Crippen molar-refractivity contribution in [1.82, 2.24) is 4.98 Å². The van der Waals surface area contributed by atoms with Gasteiger partial charge in [0.25, 0.3) is 0 Å². The summed E-state index contributed by atoms with van der Waals surface area (Å²) in [5.74, 6) is 0.635. The molecule has 0 radical (unpaired) electrons. The van der Waals surface area contributed by atoms with Crippen LogP contribution in [0.3, 0.4) is 0 Å². The van der Waals surface area contributed by atoms with Gasteiger partial charge in [-0.3, -0.25) is 0 Å². The van der Waals surface area contributed by atoms with Crippen LogP contribution in [-0.4, -0.2) is 22.4 Å². The summed E-state index contributed by atoms with van der Waals surface area (Å²) in [6.45, 7) is 3.51. The van der Waals surface area contributed by atoms with Crippen molar-refractivity contribution in [3.63, 3.8) is 0 Å².